The summed E-state index contributed by atoms with van der Waals surface area (Å²) in [4.78, 5) is 11.9. The Morgan fingerprint density at radius 1 is 1.05 bits per heavy atom. The van der Waals surface area contributed by atoms with E-state index in [1.165, 1.54) is 5.56 Å². The number of carbonyl (C=O) groups excluding carboxylic acids is 1. The minimum atomic E-state index is -0.243. The standard InChI is InChI=1S/C18H20N2O/c1-13-6-4-8-16(12-13)10-11-19-18(21)20-17-9-5-7-14(2)15(17)3/h4-12H,1-3H3,(H2,19,20,21)/b11-10+. The Bertz CT molecular complexity index is 675. The van der Waals surface area contributed by atoms with Gasteiger partial charge >= 0.3 is 6.03 Å². The molecule has 0 aliphatic rings. The molecule has 2 N–H and O–H groups in total. The number of hydrogen-bond acceptors (Lipinski definition) is 1. The fourth-order valence-electron chi connectivity index (χ4n) is 2.03. The van der Waals surface area contributed by atoms with Crippen LogP contribution in [0.1, 0.15) is 22.3 Å². The number of amides is 2. The summed E-state index contributed by atoms with van der Waals surface area (Å²) in [5.41, 5.74) is 5.31. The van der Waals surface area contributed by atoms with E-state index in [-0.39, 0.29) is 6.03 Å². The van der Waals surface area contributed by atoms with Gasteiger partial charge in [0.15, 0.2) is 0 Å². The van der Waals surface area contributed by atoms with Gasteiger partial charge in [-0.15, -0.1) is 0 Å². The van der Waals surface area contributed by atoms with Gasteiger partial charge in [-0.05, 0) is 49.6 Å². The maximum Gasteiger partial charge on any atom is 0.323 e. The molecule has 2 aromatic carbocycles. The second kappa shape index (κ2) is 6.75. The summed E-state index contributed by atoms with van der Waals surface area (Å²) in [5, 5.41) is 5.56. The number of hydrogen-bond donors (Lipinski definition) is 2. The Hall–Kier alpha value is -2.55. The summed E-state index contributed by atoms with van der Waals surface area (Å²) < 4.78 is 0. The van der Waals surface area contributed by atoms with Crippen LogP contribution in [0.5, 0.6) is 0 Å². The molecule has 0 bridgehead atoms. The van der Waals surface area contributed by atoms with Crippen LogP contribution in [-0.2, 0) is 0 Å². The van der Waals surface area contributed by atoms with Crippen molar-refractivity contribution in [1.82, 2.24) is 5.32 Å². The minimum Gasteiger partial charge on any atom is -0.314 e. The van der Waals surface area contributed by atoms with Gasteiger partial charge in [0.2, 0.25) is 0 Å². The molecule has 21 heavy (non-hydrogen) atoms. The molecule has 2 amide bonds. The van der Waals surface area contributed by atoms with Crippen LogP contribution >= 0.6 is 0 Å². The summed E-state index contributed by atoms with van der Waals surface area (Å²) in [5.74, 6) is 0. The smallest absolute Gasteiger partial charge is 0.314 e. The van der Waals surface area contributed by atoms with Crippen molar-refractivity contribution in [3.63, 3.8) is 0 Å². The molecule has 0 aliphatic carbocycles. The van der Waals surface area contributed by atoms with Gasteiger partial charge in [-0.3, -0.25) is 0 Å². The largest absolute Gasteiger partial charge is 0.323 e. The van der Waals surface area contributed by atoms with E-state index in [9.17, 15) is 4.79 Å². The van der Waals surface area contributed by atoms with Crippen molar-refractivity contribution < 1.29 is 4.79 Å². The molecule has 0 heterocycles. The van der Waals surface area contributed by atoms with Crippen LogP contribution in [0.4, 0.5) is 10.5 Å². The van der Waals surface area contributed by atoms with E-state index in [0.717, 1.165) is 22.4 Å². The summed E-state index contributed by atoms with van der Waals surface area (Å²) >= 11 is 0. The first kappa shape index (κ1) is 14.9. The predicted octanol–water partition coefficient (Wildman–Crippen LogP) is 4.40. The summed E-state index contributed by atoms with van der Waals surface area (Å²) in [6.07, 6.45) is 3.52. The number of rotatable bonds is 3. The molecule has 0 radical (unpaired) electrons. The van der Waals surface area contributed by atoms with Crippen molar-refractivity contribution in [2.75, 3.05) is 5.32 Å². The number of anilines is 1. The molecule has 2 rings (SSSR count). The van der Waals surface area contributed by atoms with Crippen molar-refractivity contribution in [3.8, 4) is 0 Å². The van der Waals surface area contributed by atoms with E-state index in [0.29, 0.717) is 0 Å². The predicted molar refractivity (Wildman–Crippen MR) is 88.3 cm³/mol. The molecule has 0 aliphatic heterocycles. The molecule has 3 heteroatoms. The summed E-state index contributed by atoms with van der Waals surface area (Å²) in [7, 11) is 0. The minimum absolute atomic E-state index is 0.243. The molecular formula is C18H20N2O. The Labute approximate surface area is 125 Å². The molecule has 0 unspecified atom stereocenters. The molecule has 0 saturated carbocycles. The second-order valence-electron chi connectivity index (χ2n) is 5.09. The average Bonchev–Trinajstić information content (AvgIpc) is 2.44. The zero-order valence-electron chi connectivity index (χ0n) is 12.6. The zero-order valence-corrected chi connectivity index (χ0v) is 12.6. The number of nitrogens with one attached hydrogen (secondary N) is 2. The van der Waals surface area contributed by atoms with Gasteiger partial charge in [0.25, 0.3) is 0 Å². The van der Waals surface area contributed by atoms with Crippen LogP contribution in [0.15, 0.2) is 48.7 Å². The first-order valence-electron chi connectivity index (χ1n) is 6.93. The molecule has 0 spiro atoms. The van der Waals surface area contributed by atoms with E-state index in [2.05, 4.69) is 16.7 Å². The van der Waals surface area contributed by atoms with Crippen LogP contribution in [0.3, 0.4) is 0 Å². The van der Waals surface area contributed by atoms with Gasteiger partial charge in [-0.25, -0.2) is 4.79 Å². The van der Waals surface area contributed by atoms with Gasteiger partial charge in [0, 0.05) is 11.9 Å². The van der Waals surface area contributed by atoms with Gasteiger partial charge in [0.1, 0.15) is 0 Å². The molecule has 0 saturated heterocycles. The van der Waals surface area contributed by atoms with Crippen molar-refractivity contribution in [2.45, 2.75) is 20.8 Å². The normalized spacial score (nSPS) is 10.6. The number of benzene rings is 2. The lowest BCUT2D eigenvalue weighted by atomic mass is 10.1. The van der Waals surface area contributed by atoms with Gasteiger partial charge < -0.3 is 10.6 Å². The second-order valence-corrected chi connectivity index (χ2v) is 5.09. The van der Waals surface area contributed by atoms with Crippen molar-refractivity contribution in [1.29, 1.82) is 0 Å². The maximum absolute atomic E-state index is 11.9. The lowest BCUT2D eigenvalue weighted by Gasteiger charge is -2.09. The number of urea groups is 1. The monoisotopic (exact) mass is 280 g/mol. The third kappa shape index (κ3) is 4.21. The molecular weight excluding hydrogens is 260 g/mol. The Morgan fingerprint density at radius 2 is 1.81 bits per heavy atom. The van der Waals surface area contributed by atoms with Crippen molar-refractivity contribution >= 4 is 17.8 Å². The Morgan fingerprint density at radius 3 is 2.57 bits per heavy atom. The molecule has 0 atom stereocenters. The highest BCUT2D eigenvalue weighted by Gasteiger charge is 2.03. The highest BCUT2D eigenvalue weighted by Crippen LogP contribution is 2.17. The van der Waals surface area contributed by atoms with Crippen LogP contribution < -0.4 is 10.6 Å². The Balaban J connectivity index is 1.95. The summed E-state index contributed by atoms with van der Waals surface area (Å²) in [6, 6.07) is 13.7. The lowest BCUT2D eigenvalue weighted by Crippen LogP contribution is -2.24. The van der Waals surface area contributed by atoms with Gasteiger partial charge in [-0.1, -0.05) is 42.0 Å². The zero-order chi connectivity index (χ0) is 15.2. The highest BCUT2D eigenvalue weighted by atomic mass is 16.2. The number of aryl methyl sites for hydroxylation is 2. The molecule has 0 fully saturated rings. The molecule has 108 valence electrons. The van der Waals surface area contributed by atoms with Gasteiger partial charge in [0.05, 0.1) is 0 Å². The topological polar surface area (TPSA) is 41.1 Å². The fraction of sp³-hybridized carbons (Fsp3) is 0.167. The van der Waals surface area contributed by atoms with E-state index in [1.54, 1.807) is 6.20 Å². The third-order valence-corrected chi connectivity index (χ3v) is 3.39. The third-order valence-electron chi connectivity index (χ3n) is 3.39. The average molecular weight is 280 g/mol. The maximum atomic E-state index is 11.9. The van der Waals surface area contributed by atoms with E-state index in [1.807, 2.05) is 63.2 Å². The molecule has 2 aromatic rings. The quantitative estimate of drug-likeness (QED) is 0.859. The van der Waals surface area contributed by atoms with Crippen molar-refractivity contribution in [3.05, 3.63) is 70.9 Å². The molecule has 3 nitrogen and oxygen atoms in total. The van der Waals surface area contributed by atoms with Crippen LogP contribution in [0.2, 0.25) is 0 Å². The summed E-state index contributed by atoms with van der Waals surface area (Å²) in [6.45, 7) is 6.06. The SMILES string of the molecule is Cc1cccc(/C=C/NC(=O)Nc2cccc(C)c2C)c1. The van der Waals surface area contributed by atoms with Gasteiger partial charge in [-0.2, -0.15) is 0 Å². The lowest BCUT2D eigenvalue weighted by molar-refractivity contribution is 0.255. The fourth-order valence-corrected chi connectivity index (χ4v) is 2.03. The first-order chi connectivity index (χ1) is 10.1. The van der Waals surface area contributed by atoms with Crippen LogP contribution in [0.25, 0.3) is 6.08 Å². The van der Waals surface area contributed by atoms with Crippen LogP contribution in [-0.4, -0.2) is 6.03 Å². The number of carbonyl (C=O) groups is 1. The van der Waals surface area contributed by atoms with E-state index >= 15 is 0 Å². The first-order valence-corrected chi connectivity index (χ1v) is 6.93. The van der Waals surface area contributed by atoms with Crippen LogP contribution in [0, 0.1) is 20.8 Å². The highest BCUT2D eigenvalue weighted by molar-refractivity contribution is 5.91. The molecule has 0 aromatic heterocycles. The Kier molecular flexibility index (Phi) is 4.77. The van der Waals surface area contributed by atoms with Crippen molar-refractivity contribution in [2.24, 2.45) is 0 Å². The van der Waals surface area contributed by atoms with E-state index < -0.39 is 0 Å². The van der Waals surface area contributed by atoms with E-state index in [4.69, 9.17) is 0 Å².